The molecule has 0 amide bonds. The van der Waals surface area contributed by atoms with E-state index in [2.05, 4.69) is 4.90 Å². The van der Waals surface area contributed by atoms with Crippen molar-refractivity contribution in [3.05, 3.63) is 33.9 Å². The molecule has 0 spiro atoms. The van der Waals surface area contributed by atoms with Crippen LogP contribution in [-0.2, 0) is 0 Å². The molecule has 0 aliphatic carbocycles. The third-order valence-corrected chi connectivity index (χ3v) is 6.47. The van der Waals surface area contributed by atoms with Crippen molar-refractivity contribution < 1.29 is 18.7 Å². The first kappa shape index (κ1) is 20.9. The molecule has 28 heavy (non-hydrogen) atoms. The van der Waals surface area contributed by atoms with Crippen LogP contribution in [0.15, 0.2) is 22.0 Å². The number of carboxylic acid groups (broad SMARTS) is 1. The van der Waals surface area contributed by atoms with Crippen molar-refractivity contribution in [3.8, 4) is 0 Å². The highest BCUT2D eigenvalue weighted by molar-refractivity contribution is 7.99. The van der Waals surface area contributed by atoms with Gasteiger partial charge in [-0.1, -0.05) is 0 Å². The Bertz CT molecular complexity index is 992. The topological polar surface area (TPSA) is 65.8 Å². The largest absolute Gasteiger partial charge is 0.477 e. The SMILES string of the molecule is CN1CCN(c2c(F)cc3c(=O)c(C(=O)O)cn4c3c2SCC4CF)CC1.Cl. The summed E-state index contributed by atoms with van der Waals surface area (Å²) in [6.07, 6.45) is 1.20. The van der Waals surface area contributed by atoms with Gasteiger partial charge in [-0.05, 0) is 13.1 Å². The number of alkyl halides is 1. The molecule has 2 aliphatic heterocycles. The van der Waals surface area contributed by atoms with Crippen LogP contribution in [-0.4, -0.2) is 66.2 Å². The molecule has 4 rings (SSSR count). The number of likely N-dealkylation sites (N-methyl/N-ethyl adjacent to an activating group) is 1. The van der Waals surface area contributed by atoms with E-state index in [9.17, 15) is 19.1 Å². The second kappa shape index (κ2) is 7.88. The van der Waals surface area contributed by atoms with E-state index in [1.807, 2.05) is 11.9 Å². The second-order valence-electron chi connectivity index (χ2n) is 6.93. The van der Waals surface area contributed by atoms with Gasteiger partial charge >= 0.3 is 5.97 Å². The number of aromatic nitrogens is 1. The Kier molecular flexibility index (Phi) is 5.88. The molecule has 0 radical (unpaired) electrons. The van der Waals surface area contributed by atoms with Crippen LogP contribution in [0.4, 0.5) is 14.5 Å². The molecule has 2 aromatic rings. The maximum atomic E-state index is 15.1. The lowest BCUT2D eigenvalue weighted by Gasteiger charge is -2.37. The van der Waals surface area contributed by atoms with Gasteiger partial charge in [0.1, 0.15) is 18.1 Å². The highest BCUT2D eigenvalue weighted by Crippen LogP contribution is 2.44. The van der Waals surface area contributed by atoms with Crippen molar-refractivity contribution in [2.45, 2.75) is 10.9 Å². The highest BCUT2D eigenvalue weighted by atomic mass is 35.5. The molecule has 2 aliphatic rings. The van der Waals surface area contributed by atoms with Gasteiger partial charge in [0.15, 0.2) is 0 Å². The predicted molar refractivity (Wildman–Crippen MR) is 108 cm³/mol. The van der Waals surface area contributed by atoms with E-state index in [1.165, 1.54) is 22.5 Å². The monoisotopic (exact) mass is 431 g/mol. The zero-order valence-corrected chi connectivity index (χ0v) is 16.8. The van der Waals surface area contributed by atoms with Crippen molar-refractivity contribution in [1.29, 1.82) is 0 Å². The van der Waals surface area contributed by atoms with Crippen molar-refractivity contribution in [2.24, 2.45) is 0 Å². The van der Waals surface area contributed by atoms with Crippen molar-refractivity contribution in [2.75, 3.05) is 50.6 Å². The zero-order chi connectivity index (χ0) is 19.3. The first-order chi connectivity index (χ1) is 12.9. The number of aromatic carboxylic acids is 1. The minimum atomic E-state index is -1.40. The molecule has 0 saturated carbocycles. The molecule has 152 valence electrons. The van der Waals surface area contributed by atoms with E-state index in [4.69, 9.17) is 0 Å². The smallest absolute Gasteiger partial charge is 0.341 e. The van der Waals surface area contributed by atoms with E-state index in [0.717, 1.165) is 19.2 Å². The number of piperazine rings is 1. The number of pyridine rings is 1. The van der Waals surface area contributed by atoms with Gasteiger partial charge in [0.05, 0.1) is 27.5 Å². The van der Waals surface area contributed by atoms with E-state index in [1.54, 1.807) is 0 Å². The van der Waals surface area contributed by atoms with Gasteiger partial charge in [0.25, 0.3) is 0 Å². The lowest BCUT2D eigenvalue weighted by Crippen LogP contribution is -2.45. The minimum Gasteiger partial charge on any atom is -0.477 e. The Labute approximate surface area is 170 Å². The number of hydrogen-bond acceptors (Lipinski definition) is 5. The van der Waals surface area contributed by atoms with Crippen molar-refractivity contribution in [3.63, 3.8) is 0 Å². The van der Waals surface area contributed by atoms with Crippen LogP contribution >= 0.6 is 24.2 Å². The lowest BCUT2D eigenvalue weighted by atomic mass is 10.1. The van der Waals surface area contributed by atoms with E-state index >= 15 is 4.39 Å². The number of carbonyl (C=O) groups is 1. The Morgan fingerprint density at radius 3 is 2.61 bits per heavy atom. The fourth-order valence-corrected chi connectivity index (χ4v) is 5.05. The summed E-state index contributed by atoms with van der Waals surface area (Å²) in [5.41, 5.74) is -0.349. The average molecular weight is 432 g/mol. The maximum absolute atomic E-state index is 15.1. The van der Waals surface area contributed by atoms with Crippen molar-refractivity contribution in [1.82, 2.24) is 9.47 Å². The van der Waals surface area contributed by atoms with Gasteiger partial charge in [-0.25, -0.2) is 13.6 Å². The zero-order valence-electron chi connectivity index (χ0n) is 15.2. The molecule has 10 heteroatoms. The normalized spacial score (nSPS) is 19.5. The molecule has 3 heterocycles. The number of thioether (sulfide) groups is 1. The Morgan fingerprint density at radius 1 is 1.32 bits per heavy atom. The molecule has 1 aromatic carbocycles. The number of nitrogens with zero attached hydrogens (tertiary/aromatic N) is 3. The molecule has 1 fully saturated rings. The fourth-order valence-electron chi connectivity index (χ4n) is 3.72. The minimum absolute atomic E-state index is 0. The van der Waals surface area contributed by atoms with Crippen LogP contribution in [0.1, 0.15) is 16.4 Å². The van der Waals surface area contributed by atoms with Crippen LogP contribution in [0.3, 0.4) is 0 Å². The number of carboxylic acids is 1. The molecule has 1 N–H and O–H groups in total. The highest BCUT2D eigenvalue weighted by Gasteiger charge is 2.31. The maximum Gasteiger partial charge on any atom is 0.341 e. The lowest BCUT2D eigenvalue weighted by molar-refractivity contribution is 0.0694. The standard InChI is InChI=1S/C18H19F2N3O3S.ClH/c1-21-2-4-22(5-3-21)15-13(20)6-11-14-17(15)27-9-10(7-19)23(14)8-12(16(11)24)18(25)26;/h6,8,10H,2-5,7,9H2,1H3,(H,25,26);1H. The molecular formula is C18H20ClF2N3O3S. The molecule has 6 nitrogen and oxygen atoms in total. The molecule has 1 aromatic heterocycles. The van der Waals surface area contributed by atoms with E-state index in [0.29, 0.717) is 34.9 Å². The summed E-state index contributed by atoms with van der Waals surface area (Å²) in [6, 6.07) is 0.522. The van der Waals surface area contributed by atoms with Gasteiger partial charge in [-0.3, -0.25) is 4.79 Å². The van der Waals surface area contributed by atoms with Gasteiger partial charge in [0, 0.05) is 38.1 Å². The summed E-state index contributed by atoms with van der Waals surface area (Å²) in [7, 11) is 2.00. The molecule has 1 saturated heterocycles. The van der Waals surface area contributed by atoms with Crippen LogP contribution in [0.2, 0.25) is 0 Å². The first-order valence-electron chi connectivity index (χ1n) is 8.69. The summed E-state index contributed by atoms with van der Waals surface area (Å²) >= 11 is 1.33. The Balaban J connectivity index is 0.00000225. The number of rotatable bonds is 3. The predicted octanol–water partition coefficient (Wildman–Crippen LogP) is 2.63. The van der Waals surface area contributed by atoms with E-state index < -0.39 is 35.5 Å². The molecular weight excluding hydrogens is 412 g/mol. The number of hydrogen-bond donors (Lipinski definition) is 1. The molecule has 1 atom stereocenters. The summed E-state index contributed by atoms with van der Waals surface area (Å²) in [6.45, 7) is 2.19. The third-order valence-electron chi connectivity index (χ3n) is 5.24. The summed E-state index contributed by atoms with van der Waals surface area (Å²) in [5, 5.41) is 9.32. The fraction of sp³-hybridized carbons (Fsp3) is 0.444. The van der Waals surface area contributed by atoms with Gasteiger partial charge in [-0.2, -0.15) is 0 Å². The van der Waals surface area contributed by atoms with Crippen LogP contribution < -0.4 is 10.3 Å². The van der Waals surface area contributed by atoms with Crippen LogP contribution in [0, 0.1) is 5.82 Å². The number of halogens is 3. The number of benzene rings is 1. The van der Waals surface area contributed by atoms with Crippen LogP contribution in [0.25, 0.3) is 10.9 Å². The third kappa shape index (κ3) is 3.25. The van der Waals surface area contributed by atoms with Gasteiger partial charge in [-0.15, -0.1) is 24.2 Å². The molecule has 1 unspecified atom stereocenters. The average Bonchev–Trinajstić information content (AvgIpc) is 2.65. The quantitative estimate of drug-likeness (QED) is 0.806. The Hall–Kier alpha value is -1.84. The second-order valence-corrected chi connectivity index (χ2v) is 7.96. The van der Waals surface area contributed by atoms with Crippen molar-refractivity contribution >= 4 is 46.7 Å². The molecule has 0 bridgehead atoms. The van der Waals surface area contributed by atoms with Gasteiger partial charge in [0.2, 0.25) is 5.43 Å². The van der Waals surface area contributed by atoms with E-state index in [-0.39, 0.29) is 17.8 Å². The first-order valence-corrected chi connectivity index (χ1v) is 9.67. The summed E-state index contributed by atoms with van der Waals surface area (Å²) in [4.78, 5) is 28.7. The van der Waals surface area contributed by atoms with Crippen LogP contribution in [0.5, 0.6) is 0 Å². The Morgan fingerprint density at radius 2 is 2.00 bits per heavy atom. The number of anilines is 1. The van der Waals surface area contributed by atoms with Gasteiger partial charge < -0.3 is 19.5 Å². The summed E-state index contributed by atoms with van der Waals surface area (Å²) < 4.78 is 30.1. The summed E-state index contributed by atoms with van der Waals surface area (Å²) in [5.74, 6) is -1.59.